The first kappa shape index (κ1) is 20.0. The molecule has 0 aliphatic carbocycles. The van der Waals surface area contributed by atoms with Gasteiger partial charge in [0.25, 0.3) is 0 Å². The van der Waals surface area contributed by atoms with Crippen LogP contribution in [0.4, 0.5) is 13.6 Å². The number of carbonyl (C=O) groups excluding carboxylic acids is 1. The number of epoxide rings is 1. The molecule has 2 saturated heterocycles. The number of hydrogen-bond donors (Lipinski definition) is 0. The molecule has 0 radical (unpaired) electrons. The molecule has 2 aliphatic heterocycles. The summed E-state index contributed by atoms with van der Waals surface area (Å²) in [4.78, 5) is 14.5. The summed E-state index contributed by atoms with van der Waals surface area (Å²) in [5, 5.41) is 0. The summed E-state index contributed by atoms with van der Waals surface area (Å²) in [5.41, 5.74) is -1.10. The summed E-state index contributed by atoms with van der Waals surface area (Å²) in [6, 6.07) is 2.98. The van der Waals surface area contributed by atoms with Gasteiger partial charge in [0.05, 0.1) is 24.9 Å². The molecule has 0 N–H and O–H groups in total. The molecule has 0 bridgehead atoms. The molecule has 5 nitrogen and oxygen atoms in total. The first-order chi connectivity index (χ1) is 12.4. The Balaban J connectivity index is 1.89. The molecular formula is C20H27F2NO4. The van der Waals surface area contributed by atoms with E-state index in [2.05, 4.69) is 0 Å². The normalized spacial score (nSPS) is 26.9. The Kier molecular flexibility index (Phi) is 5.20. The highest BCUT2D eigenvalue weighted by Gasteiger charge is 2.52. The maximum Gasteiger partial charge on any atom is 0.412 e. The van der Waals surface area contributed by atoms with Crippen molar-refractivity contribution < 1.29 is 27.8 Å². The van der Waals surface area contributed by atoms with Crippen LogP contribution in [0.5, 0.6) is 0 Å². The van der Waals surface area contributed by atoms with Gasteiger partial charge in [0.15, 0.2) is 0 Å². The van der Waals surface area contributed by atoms with Crippen LogP contribution in [0.3, 0.4) is 0 Å². The molecule has 3 atom stereocenters. The molecule has 0 spiro atoms. The standard InChI is InChI=1S/C20H27F2NO4/c1-19(2,3)27-18(24)23-16(8-12-6-13(21)9-14(22)7-12)17(10-15-11-25-15)26-20(23,4)5/h6-7,9,15-17H,8,10-11H2,1-5H3/t15-,16-,17-/m0/s1. The quantitative estimate of drug-likeness (QED) is 0.737. The highest BCUT2D eigenvalue weighted by Crippen LogP contribution is 2.38. The molecule has 0 aromatic heterocycles. The van der Waals surface area contributed by atoms with Crippen molar-refractivity contribution in [3.05, 3.63) is 35.4 Å². The van der Waals surface area contributed by atoms with Gasteiger partial charge in [-0.25, -0.2) is 13.6 Å². The first-order valence-electron chi connectivity index (χ1n) is 9.21. The highest BCUT2D eigenvalue weighted by atomic mass is 19.1. The van der Waals surface area contributed by atoms with E-state index in [1.54, 1.807) is 39.5 Å². The summed E-state index contributed by atoms with van der Waals surface area (Å²) in [7, 11) is 0. The van der Waals surface area contributed by atoms with Crippen molar-refractivity contribution in [3.63, 3.8) is 0 Å². The smallest absolute Gasteiger partial charge is 0.412 e. The summed E-state index contributed by atoms with van der Waals surface area (Å²) < 4.78 is 44.3. The molecule has 2 heterocycles. The minimum atomic E-state index is -0.904. The van der Waals surface area contributed by atoms with Gasteiger partial charge in [0, 0.05) is 12.5 Å². The van der Waals surface area contributed by atoms with Crippen LogP contribution in [0.2, 0.25) is 0 Å². The predicted octanol–water partition coefficient (Wildman–Crippen LogP) is 4.04. The van der Waals surface area contributed by atoms with E-state index in [0.29, 0.717) is 18.6 Å². The van der Waals surface area contributed by atoms with Crippen LogP contribution in [0.25, 0.3) is 0 Å². The van der Waals surface area contributed by atoms with E-state index >= 15 is 0 Å². The largest absolute Gasteiger partial charge is 0.444 e. The Labute approximate surface area is 158 Å². The van der Waals surface area contributed by atoms with E-state index in [-0.39, 0.29) is 18.6 Å². The fourth-order valence-electron chi connectivity index (χ4n) is 3.60. The van der Waals surface area contributed by atoms with Crippen molar-refractivity contribution in [1.82, 2.24) is 4.90 Å². The first-order valence-corrected chi connectivity index (χ1v) is 9.21. The minimum absolute atomic E-state index is 0.0936. The molecule has 1 amide bonds. The van der Waals surface area contributed by atoms with E-state index < -0.39 is 35.1 Å². The maximum atomic E-state index is 13.7. The predicted molar refractivity (Wildman–Crippen MR) is 95.2 cm³/mol. The summed E-state index contributed by atoms with van der Waals surface area (Å²) >= 11 is 0. The van der Waals surface area contributed by atoms with E-state index in [1.165, 1.54) is 12.1 Å². The average molecular weight is 383 g/mol. The lowest BCUT2D eigenvalue weighted by Gasteiger charge is -2.35. The van der Waals surface area contributed by atoms with E-state index in [9.17, 15) is 13.6 Å². The topological polar surface area (TPSA) is 51.3 Å². The number of hydrogen-bond acceptors (Lipinski definition) is 4. The third kappa shape index (κ3) is 4.96. The van der Waals surface area contributed by atoms with Gasteiger partial charge in [-0.05, 0) is 58.7 Å². The molecule has 150 valence electrons. The van der Waals surface area contributed by atoms with Gasteiger partial charge in [0.1, 0.15) is 23.0 Å². The van der Waals surface area contributed by atoms with E-state index in [0.717, 1.165) is 6.07 Å². The zero-order valence-corrected chi connectivity index (χ0v) is 16.4. The lowest BCUT2D eigenvalue weighted by molar-refractivity contribution is -0.0805. The second-order valence-corrected chi connectivity index (χ2v) is 8.69. The fourth-order valence-corrected chi connectivity index (χ4v) is 3.60. The Morgan fingerprint density at radius 3 is 2.37 bits per heavy atom. The lowest BCUT2D eigenvalue weighted by Crippen LogP contribution is -2.51. The van der Waals surface area contributed by atoms with Crippen LogP contribution in [0.15, 0.2) is 18.2 Å². The molecule has 7 heteroatoms. The molecule has 3 rings (SSSR count). The number of amides is 1. The van der Waals surface area contributed by atoms with Crippen LogP contribution in [-0.2, 0) is 20.6 Å². The Hall–Kier alpha value is -1.73. The number of halogens is 2. The number of carbonyl (C=O) groups is 1. The SMILES string of the molecule is CC(C)(C)OC(=O)N1[C@@H](Cc2cc(F)cc(F)c2)[C@H](C[C@H]2CO2)OC1(C)C. The zero-order valence-electron chi connectivity index (χ0n) is 16.4. The van der Waals surface area contributed by atoms with E-state index in [4.69, 9.17) is 14.2 Å². The fraction of sp³-hybridized carbons (Fsp3) is 0.650. The van der Waals surface area contributed by atoms with Crippen LogP contribution in [0.1, 0.15) is 46.6 Å². The molecular weight excluding hydrogens is 356 g/mol. The summed E-state index contributed by atoms with van der Waals surface area (Å²) in [6.45, 7) is 9.63. The Bertz CT molecular complexity index is 692. The minimum Gasteiger partial charge on any atom is -0.444 e. The van der Waals surface area contributed by atoms with Crippen LogP contribution < -0.4 is 0 Å². The third-order valence-electron chi connectivity index (χ3n) is 4.64. The van der Waals surface area contributed by atoms with Crippen molar-refractivity contribution in [2.75, 3.05) is 6.61 Å². The highest BCUT2D eigenvalue weighted by molar-refractivity contribution is 5.70. The Morgan fingerprint density at radius 2 is 1.85 bits per heavy atom. The lowest BCUT2D eigenvalue weighted by atomic mass is 9.97. The van der Waals surface area contributed by atoms with Crippen molar-refractivity contribution in [3.8, 4) is 0 Å². The zero-order chi connectivity index (χ0) is 20.0. The van der Waals surface area contributed by atoms with Gasteiger partial charge < -0.3 is 14.2 Å². The van der Waals surface area contributed by atoms with Gasteiger partial charge in [-0.15, -0.1) is 0 Å². The summed E-state index contributed by atoms with van der Waals surface area (Å²) in [6.07, 6.45) is 0.149. The van der Waals surface area contributed by atoms with Gasteiger partial charge in [-0.2, -0.15) is 0 Å². The molecule has 2 fully saturated rings. The number of ether oxygens (including phenoxy) is 3. The second kappa shape index (κ2) is 7.02. The Morgan fingerprint density at radius 1 is 1.26 bits per heavy atom. The molecule has 0 saturated carbocycles. The monoisotopic (exact) mass is 383 g/mol. The number of nitrogens with zero attached hydrogens (tertiary/aromatic N) is 1. The maximum absolute atomic E-state index is 13.7. The van der Waals surface area contributed by atoms with E-state index in [1.807, 2.05) is 0 Å². The van der Waals surface area contributed by atoms with Crippen molar-refractivity contribution in [2.24, 2.45) is 0 Å². The van der Waals surface area contributed by atoms with Gasteiger partial charge in [-0.1, -0.05) is 0 Å². The molecule has 1 aromatic carbocycles. The molecule has 0 unspecified atom stereocenters. The molecule has 1 aromatic rings. The number of rotatable bonds is 4. The summed E-state index contributed by atoms with van der Waals surface area (Å²) in [5.74, 6) is -1.29. The van der Waals surface area contributed by atoms with Gasteiger partial charge >= 0.3 is 6.09 Å². The number of benzene rings is 1. The average Bonchev–Trinajstić information content (AvgIpc) is 3.21. The van der Waals surface area contributed by atoms with Crippen molar-refractivity contribution in [2.45, 2.75) is 77.0 Å². The van der Waals surface area contributed by atoms with Crippen LogP contribution in [0, 0.1) is 11.6 Å². The molecule has 2 aliphatic rings. The van der Waals surface area contributed by atoms with Gasteiger partial charge in [0.2, 0.25) is 0 Å². The van der Waals surface area contributed by atoms with Crippen molar-refractivity contribution in [1.29, 1.82) is 0 Å². The second-order valence-electron chi connectivity index (χ2n) is 8.69. The van der Waals surface area contributed by atoms with Crippen molar-refractivity contribution >= 4 is 6.09 Å². The van der Waals surface area contributed by atoms with Gasteiger partial charge in [-0.3, -0.25) is 4.90 Å². The van der Waals surface area contributed by atoms with Crippen LogP contribution >= 0.6 is 0 Å². The third-order valence-corrected chi connectivity index (χ3v) is 4.64. The van der Waals surface area contributed by atoms with Crippen LogP contribution in [-0.4, -0.2) is 47.2 Å². The molecule has 27 heavy (non-hydrogen) atoms.